The minimum absolute atomic E-state index is 0.170. The molecule has 0 radical (unpaired) electrons. The van der Waals surface area contributed by atoms with Crippen LogP contribution in [0.2, 0.25) is 0 Å². The Balaban J connectivity index is 1.85. The fourth-order valence-corrected chi connectivity index (χ4v) is 4.15. The van der Waals surface area contributed by atoms with Crippen molar-refractivity contribution in [3.05, 3.63) is 44.4 Å². The van der Waals surface area contributed by atoms with E-state index < -0.39 is 11.6 Å². The number of aromatic amines is 1. The van der Waals surface area contributed by atoms with Crippen LogP contribution in [0.15, 0.2) is 23.0 Å². The number of thiazole rings is 1. The maximum Gasteiger partial charge on any atom is 0.305 e. The average Bonchev–Trinajstić information content (AvgIpc) is 2.91. The van der Waals surface area contributed by atoms with Crippen LogP contribution in [0.25, 0.3) is 11.3 Å². The third-order valence-electron chi connectivity index (χ3n) is 4.52. The molecular formula is C17H20F2N2OS. The molecule has 1 N–H and O–H groups in total. The van der Waals surface area contributed by atoms with E-state index in [1.165, 1.54) is 38.2 Å². The first-order valence-electron chi connectivity index (χ1n) is 7.92. The van der Waals surface area contributed by atoms with Crippen LogP contribution in [0, 0.1) is 11.6 Å². The quantitative estimate of drug-likeness (QED) is 0.909. The number of benzene rings is 1. The molecule has 1 aromatic heterocycles. The van der Waals surface area contributed by atoms with Gasteiger partial charge in [-0.05, 0) is 38.1 Å². The van der Waals surface area contributed by atoms with Gasteiger partial charge in [-0.2, -0.15) is 0 Å². The molecule has 0 atom stereocenters. The van der Waals surface area contributed by atoms with Crippen molar-refractivity contribution in [2.24, 2.45) is 0 Å². The highest BCUT2D eigenvalue weighted by Gasteiger charge is 2.21. The molecule has 1 aromatic carbocycles. The Kier molecular flexibility index (Phi) is 4.92. The number of hydrogen-bond donors (Lipinski definition) is 1. The van der Waals surface area contributed by atoms with Crippen LogP contribution in [-0.4, -0.2) is 23.0 Å². The first kappa shape index (κ1) is 16.3. The smallest absolute Gasteiger partial charge is 0.305 e. The zero-order valence-corrected chi connectivity index (χ0v) is 13.9. The molecule has 0 bridgehead atoms. The number of halogens is 2. The van der Waals surface area contributed by atoms with Gasteiger partial charge in [0.1, 0.15) is 0 Å². The number of H-pyrrole nitrogens is 1. The van der Waals surface area contributed by atoms with Gasteiger partial charge in [0.25, 0.3) is 0 Å². The molecule has 0 saturated heterocycles. The van der Waals surface area contributed by atoms with Crippen molar-refractivity contribution in [1.82, 2.24) is 9.88 Å². The van der Waals surface area contributed by atoms with E-state index >= 15 is 0 Å². The van der Waals surface area contributed by atoms with Gasteiger partial charge >= 0.3 is 4.87 Å². The number of nitrogens with zero attached hydrogens (tertiary/aromatic N) is 1. The van der Waals surface area contributed by atoms with Gasteiger partial charge in [-0.3, -0.25) is 9.69 Å². The average molecular weight is 338 g/mol. The summed E-state index contributed by atoms with van der Waals surface area (Å²) < 4.78 is 26.6. The maximum atomic E-state index is 13.5. The Morgan fingerprint density at radius 2 is 1.96 bits per heavy atom. The number of hydrogen-bond acceptors (Lipinski definition) is 3. The fourth-order valence-electron chi connectivity index (χ4n) is 3.23. The second-order valence-corrected chi connectivity index (χ2v) is 7.22. The Morgan fingerprint density at radius 1 is 1.22 bits per heavy atom. The lowest BCUT2D eigenvalue weighted by Gasteiger charge is -2.30. The third-order valence-corrected chi connectivity index (χ3v) is 5.39. The third kappa shape index (κ3) is 3.70. The van der Waals surface area contributed by atoms with Crippen molar-refractivity contribution in [3.8, 4) is 11.3 Å². The fraction of sp³-hybridized carbons (Fsp3) is 0.471. The molecule has 124 valence electrons. The monoisotopic (exact) mass is 338 g/mol. The minimum atomic E-state index is -0.902. The lowest BCUT2D eigenvalue weighted by atomic mass is 9.94. The molecule has 1 aliphatic rings. The molecule has 3 rings (SSSR count). The summed E-state index contributed by atoms with van der Waals surface area (Å²) in [6.45, 7) is 0.641. The molecular weight excluding hydrogens is 318 g/mol. The summed E-state index contributed by atoms with van der Waals surface area (Å²) in [6.07, 6.45) is 6.14. The minimum Gasteiger partial charge on any atom is -0.312 e. The molecule has 3 nitrogen and oxygen atoms in total. The number of aromatic nitrogens is 1. The van der Waals surface area contributed by atoms with Gasteiger partial charge in [0, 0.05) is 23.0 Å². The van der Waals surface area contributed by atoms with E-state index in [2.05, 4.69) is 16.9 Å². The predicted octanol–water partition coefficient (Wildman–Crippen LogP) is 4.15. The molecule has 23 heavy (non-hydrogen) atoms. The molecule has 6 heteroatoms. The normalized spacial score (nSPS) is 16.2. The van der Waals surface area contributed by atoms with Crippen molar-refractivity contribution in [1.29, 1.82) is 0 Å². The summed E-state index contributed by atoms with van der Waals surface area (Å²) in [5, 5.41) is 0. The largest absolute Gasteiger partial charge is 0.312 e. The SMILES string of the molecule is CN(Cc1sc(=O)[nH]c1-c1ccc(F)c(F)c1)C1CCCCC1. The Morgan fingerprint density at radius 3 is 2.65 bits per heavy atom. The second kappa shape index (κ2) is 6.93. The van der Waals surface area contributed by atoms with Gasteiger partial charge in [-0.25, -0.2) is 8.78 Å². The van der Waals surface area contributed by atoms with Crippen molar-refractivity contribution in [3.63, 3.8) is 0 Å². The van der Waals surface area contributed by atoms with Gasteiger partial charge < -0.3 is 4.98 Å². The van der Waals surface area contributed by atoms with E-state index in [0.29, 0.717) is 23.8 Å². The van der Waals surface area contributed by atoms with Gasteiger partial charge in [-0.15, -0.1) is 0 Å². The van der Waals surface area contributed by atoms with Gasteiger partial charge in [0.15, 0.2) is 11.6 Å². The van der Waals surface area contributed by atoms with Crippen LogP contribution in [0.1, 0.15) is 37.0 Å². The molecule has 0 aliphatic heterocycles. The van der Waals surface area contributed by atoms with Crippen LogP contribution < -0.4 is 4.87 Å². The first-order valence-corrected chi connectivity index (χ1v) is 8.74. The summed E-state index contributed by atoms with van der Waals surface area (Å²) in [5.74, 6) is -1.78. The second-order valence-electron chi connectivity index (χ2n) is 6.15. The van der Waals surface area contributed by atoms with E-state index in [1.54, 1.807) is 0 Å². The molecule has 0 spiro atoms. The summed E-state index contributed by atoms with van der Waals surface area (Å²) in [6, 6.07) is 4.26. The van der Waals surface area contributed by atoms with Crippen LogP contribution in [0.5, 0.6) is 0 Å². The summed E-state index contributed by atoms with van der Waals surface area (Å²) in [7, 11) is 2.06. The zero-order chi connectivity index (χ0) is 16.4. The maximum absolute atomic E-state index is 13.5. The van der Waals surface area contributed by atoms with E-state index in [4.69, 9.17) is 0 Å². The highest BCUT2D eigenvalue weighted by molar-refractivity contribution is 7.09. The van der Waals surface area contributed by atoms with E-state index in [9.17, 15) is 13.6 Å². The highest BCUT2D eigenvalue weighted by Crippen LogP contribution is 2.28. The van der Waals surface area contributed by atoms with Gasteiger partial charge in [0.2, 0.25) is 0 Å². The van der Waals surface area contributed by atoms with Crippen molar-refractivity contribution >= 4 is 11.3 Å². The molecule has 1 fully saturated rings. The van der Waals surface area contributed by atoms with Crippen molar-refractivity contribution in [2.45, 2.75) is 44.7 Å². The standard InChI is InChI=1S/C17H20F2N2OS/c1-21(12-5-3-2-4-6-12)10-15-16(20-17(22)23-15)11-7-8-13(18)14(19)9-11/h7-9,12H,2-6,10H2,1H3,(H,20,22). The lowest BCUT2D eigenvalue weighted by Crippen LogP contribution is -2.32. The van der Waals surface area contributed by atoms with E-state index in [-0.39, 0.29) is 4.87 Å². The molecule has 0 unspecified atom stereocenters. The molecule has 0 amide bonds. The van der Waals surface area contributed by atoms with Crippen LogP contribution in [0.3, 0.4) is 0 Å². The summed E-state index contributed by atoms with van der Waals surface area (Å²) >= 11 is 1.14. The van der Waals surface area contributed by atoms with Crippen LogP contribution >= 0.6 is 11.3 Å². The predicted molar refractivity (Wildman–Crippen MR) is 88.6 cm³/mol. The number of rotatable bonds is 4. The molecule has 1 heterocycles. The molecule has 1 aliphatic carbocycles. The van der Waals surface area contributed by atoms with Gasteiger partial charge in [-0.1, -0.05) is 30.6 Å². The van der Waals surface area contributed by atoms with E-state index in [1.807, 2.05) is 0 Å². The van der Waals surface area contributed by atoms with Gasteiger partial charge in [0.05, 0.1) is 5.69 Å². The topological polar surface area (TPSA) is 36.1 Å². The Labute approximate surface area is 138 Å². The molecule has 2 aromatic rings. The lowest BCUT2D eigenvalue weighted by molar-refractivity contribution is 0.186. The zero-order valence-electron chi connectivity index (χ0n) is 13.1. The molecule has 1 saturated carbocycles. The van der Waals surface area contributed by atoms with E-state index in [0.717, 1.165) is 28.3 Å². The van der Waals surface area contributed by atoms with Crippen LogP contribution in [-0.2, 0) is 6.54 Å². The summed E-state index contributed by atoms with van der Waals surface area (Å²) in [4.78, 5) is 17.5. The summed E-state index contributed by atoms with van der Waals surface area (Å²) in [5.41, 5.74) is 1.11. The highest BCUT2D eigenvalue weighted by atomic mass is 32.1. The number of nitrogens with one attached hydrogen (secondary N) is 1. The first-order chi connectivity index (χ1) is 11.0. The van der Waals surface area contributed by atoms with Crippen LogP contribution in [0.4, 0.5) is 8.78 Å². The van der Waals surface area contributed by atoms with Crippen molar-refractivity contribution < 1.29 is 8.78 Å². The van der Waals surface area contributed by atoms with Crippen molar-refractivity contribution in [2.75, 3.05) is 7.05 Å². The Bertz CT molecular complexity index is 734. The Hall–Kier alpha value is -1.53.